The molecule has 2 rings (SSSR count). The Kier molecular flexibility index (Phi) is 4.64. The van der Waals surface area contributed by atoms with E-state index >= 15 is 0 Å². The lowest BCUT2D eigenvalue weighted by atomic mass is 10.1. The van der Waals surface area contributed by atoms with E-state index in [1.807, 2.05) is 6.92 Å². The summed E-state index contributed by atoms with van der Waals surface area (Å²) >= 11 is 0. The summed E-state index contributed by atoms with van der Waals surface area (Å²) in [4.78, 5) is 33.7. The van der Waals surface area contributed by atoms with Gasteiger partial charge in [-0.25, -0.2) is 4.79 Å². The molecule has 1 fully saturated rings. The Bertz CT molecular complexity index is 436. The summed E-state index contributed by atoms with van der Waals surface area (Å²) in [5.74, 6) is -0.577. The van der Waals surface area contributed by atoms with Gasteiger partial charge in [-0.05, 0) is 20.3 Å². The number of ether oxygens (including phenoxy) is 1. The predicted molar refractivity (Wildman–Crippen MR) is 70.1 cm³/mol. The Hall–Kier alpha value is -1.91. The van der Waals surface area contributed by atoms with Crippen molar-refractivity contribution in [2.75, 3.05) is 7.05 Å². The molecular formula is C14H19NO4. The molecule has 1 saturated heterocycles. The van der Waals surface area contributed by atoms with Gasteiger partial charge in [0, 0.05) is 30.2 Å². The molecule has 1 unspecified atom stereocenters. The molecule has 0 aliphatic carbocycles. The first kappa shape index (κ1) is 15.1. The monoisotopic (exact) mass is 265 g/mol. The summed E-state index contributed by atoms with van der Waals surface area (Å²) in [7, 11) is 1.49. The molecular weight excluding hydrogens is 246 g/mol. The zero-order chi connectivity index (χ0) is 14.7. The summed E-state index contributed by atoms with van der Waals surface area (Å²) in [6.45, 7) is 8.89. The van der Waals surface area contributed by atoms with Gasteiger partial charge in [0.15, 0.2) is 0 Å². The van der Waals surface area contributed by atoms with Gasteiger partial charge in [-0.2, -0.15) is 0 Å². The number of hydrogen-bond donors (Lipinski definition) is 0. The number of hydrogen-bond acceptors (Lipinski definition) is 4. The number of imide groups is 1. The maximum atomic E-state index is 11.0. The first-order valence-corrected chi connectivity index (χ1v) is 6.18. The van der Waals surface area contributed by atoms with Crippen LogP contribution in [0.1, 0.15) is 33.6 Å². The van der Waals surface area contributed by atoms with Gasteiger partial charge in [0.05, 0.1) is 0 Å². The van der Waals surface area contributed by atoms with Crippen LogP contribution in [0, 0.1) is 0 Å². The minimum atomic E-state index is -0.221. The molecule has 2 amide bonds. The van der Waals surface area contributed by atoms with Crippen molar-refractivity contribution in [2.24, 2.45) is 0 Å². The minimum Gasteiger partial charge on any atom is -0.459 e. The lowest BCUT2D eigenvalue weighted by Crippen LogP contribution is -2.26. The van der Waals surface area contributed by atoms with Crippen molar-refractivity contribution in [3.05, 3.63) is 23.3 Å². The number of likely N-dealkylation sites (N-methyl/N-ethyl adjacent to an activating group) is 1. The third-order valence-electron chi connectivity index (χ3n) is 3.31. The third-order valence-corrected chi connectivity index (χ3v) is 3.31. The molecule has 2 aliphatic rings. The summed E-state index contributed by atoms with van der Waals surface area (Å²) < 4.78 is 4.88. The van der Waals surface area contributed by atoms with E-state index in [-0.39, 0.29) is 23.9 Å². The van der Waals surface area contributed by atoms with Gasteiger partial charge in [-0.1, -0.05) is 13.5 Å². The van der Waals surface area contributed by atoms with Gasteiger partial charge in [-0.3, -0.25) is 14.5 Å². The molecule has 2 heterocycles. The second-order valence-corrected chi connectivity index (χ2v) is 4.66. The fraction of sp³-hybridized carbons (Fsp3) is 0.500. The van der Waals surface area contributed by atoms with E-state index in [9.17, 15) is 14.4 Å². The van der Waals surface area contributed by atoms with Crippen LogP contribution >= 0.6 is 0 Å². The van der Waals surface area contributed by atoms with E-state index < -0.39 is 0 Å². The van der Waals surface area contributed by atoms with Crippen LogP contribution in [-0.4, -0.2) is 35.8 Å². The Morgan fingerprint density at radius 3 is 1.84 bits per heavy atom. The molecule has 0 radical (unpaired) electrons. The zero-order valence-corrected chi connectivity index (χ0v) is 11.8. The topological polar surface area (TPSA) is 63.7 Å². The number of carbonyl (C=O) groups is 3. The normalized spacial score (nSPS) is 22.7. The third kappa shape index (κ3) is 3.10. The molecule has 0 N–H and O–H groups in total. The van der Waals surface area contributed by atoms with E-state index in [0.717, 1.165) is 17.7 Å². The predicted octanol–water partition coefficient (Wildman–Crippen LogP) is 1.59. The van der Waals surface area contributed by atoms with Crippen molar-refractivity contribution in [1.29, 1.82) is 0 Å². The lowest BCUT2D eigenvalue weighted by molar-refractivity contribution is -0.139. The van der Waals surface area contributed by atoms with E-state index in [1.165, 1.54) is 7.05 Å². The van der Waals surface area contributed by atoms with Gasteiger partial charge in [0.1, 0.15) is 6.10 Å². The summed E-state index contributed by atoms with van der Waals surface area (Å²) in [6, 6.07) is 0. The van der Waals surface area contributed by atoms with Crippen LogP contribution in [0.15, 0.2) is 23.3 Å². The highest BCUT2D eigenvalue weighted by Gasteiger charge is 2.29. The quantitative estimate of drug-likeness (QED) is 0.410. The van der Waals surface area contributed by atoms with Crippen LogP contribution in [-0.2, 0) is 19.1 Å². The fourth-order valence-electron chi connectivity index (χ4n) is 1.78. The second kappa shape index (κ2) is 5.82. The van der Waals surface area contributed by atoms with Crippen molar-refractivity contribution in [1.82, 2.24) is 4.90 Å². The molecule has 0 bridgehead atoms. The Balaban J connectivity index is 0.000000191. The van der Waals surface area contributed by atoms with Crippen LogP contribution in [0.5, 0.6) is 0 Å². The van der Waals surface area contributed by atoms with E-state index in [0.29, 0.717) is 16.7 Å². The number of cyclic esters (lactones) is 1. The highest BCUT2D eigenvalue weighted by Crippen LogP contribution is 2.20. The van der Waals surface area contributed by atoms with Crippen LogP contribution in [0.4, 0.5) is 0 Å². The van der Waals surface area contributed by atoms with Gasteiger partial charge >= 0.3 is 5.97 Å². The highest BCUT2D eigenvalue weighted by atomic mass is 16.5. The molecule has 0 aromatic carbocycles. The largest absolute Gasteiger partial charge is 0.459 e. The number of carbonyl (C=O) groups excluding carboxylic acids is 3. The average molecular weight is 265 g/mol. The van der Waals surface area contributed by atoms with Crippen LogP contribution in [0.25, 0.3) is 0 Å². The SMILES string of the molecule is C=C1CC(CC)OC1=O.CC1=C(C)C(=O)N(C)C1=O. The van der Waals surface area contributed by atoms with Crippen molar-refractivity contribution >= 4 is 17.8 Å². The number of nitrogens with zero attached hydrogens (tertiary/aromatic N) is 1. The van der Waals surface area contributed by atoms with Crippen LogP contribution in [0.3, 0.4) is 0 Å². The smallest absolute Gasteiger partial charge is 0.333 e. The van der Waals surface area contributed by atoms with Gasteiger partial charge in [0.25, 0.3) is 11.8 Å². The standard InChI is InChI=1S/C7H9NO2.C7H10O2/c1-4-5(2)7(10)8(3)6(4)9;1-3-6-4-5(2)7(8)9-6/h1-3H3;6H,2-4H2,1H3. The maximum absolute atomic E-state index is 11.0. The second-order valence-electron chi connectivity index (χ2n) is 4.66. The minimum absolute atomic E-state index is 0.102. The van der Waals surface area contributed by atoms with Crippen molar-refractivity contribution in [3.8, 4) is 0 Å². The zero-order valence-electron chi connectivity index (χ0n) is 11.8. The first-order valence-electron chi connectivity index (χ1n) is 6.18. The number of amides is 2. The summed E-state index contributed by atoms with van der Waals surface area (Å²) in [5, 5.41) is 0. The molecule has 5 heteroatoms. The van der Waals surface area contributed by atoms with Gasteiger partial charge in [-0.15, -0.1) is 0 Å². The van der Waals surface area contributed by atoms with E-state index in [1.54, 1.807) is 13.8 Å². The summed E-state index contributed by atoms with van der Waals surface area (Å²) in [6.07, 6.45) is 1.71. The molecule has 5 nitrogen and oxygen atoms in total. The molecule has 2 aliphatic heterocycles. The Morgan fingerprint density at radius 2 is 1.68 bits per heavy atom. The lowest BCUT2D eigenvalue weighted by Gasteiger charge is -2.04. The molecule has 0 saturated carbocycles. The highest BCUT2D eigenvalue weighted by molar-refractivity contribution is 6.18. The fourth-order valence-corrected chi connectivity index (χ4v) is 1.78. The van der Waals surface area contributed by atoms with Crippen LogP contribution in [0.2, 0.25) is 0 Å². The van der Waals surface area contributed by atoms with Crippen LogP contribution < -0.4 is 0 Å². The van der Waals surface area contributed by atoms with Gasteiger partial charge < -0.3 is 4.74 Å². The average Bonchev–Trinajstić information content (AvgIpc) is 2.80. The Morgan fingerprint density at radius 1 is 1.21 bits per heavy atom. The van der Waals surface area contributed by atoms with Gasteiger partial charge in [0.2, 0.25) is 0 Å². The summed E-state index contributed by atoms with van der Waals surface area (Å²) in [5.41, 5.74) is 1.74. The van der Waals surface area contributed by atoms with Crippen molar-refractivity contribution < 1.29 is 19.1 Å². The first-order chi connectivity index (χ1) is 8.79. The van der Waals surface area contributed by atoms with E-state index in [2.05, 4.69) is 6.58 Å². The van der Waals surface area contributed by atoms with Crippen molar-refractivity contribution in [3.63, 3.8) is 0 Å². The molecule has 104 valence electrons. The molecule has 0 spiro atoms. The Labute approximate surface area is 112 Å². The van der Waals surface area contributed by atoms with Crippen molar-refractivity contribution in [2.45, 2.75) is 39.7 Å². The molecule has 1 atom stereocenters. The molecule has 0 aromatic rings. The number of rotatable bonds is 1. The molecule has 19 heavy (non-hydrogen) atoms. The molecule has 0 aromatic heterocycles. The van der Waals surface area contributed by atoms with E-state index in [4.69, 9.17) is 4.74 Å². The number of esters is 1. The maximum Gasteiger partial charge on any atom is 0.333 e.